The van der Waals surface area contributed by atoms with E-state index >= 15 is 0 Å². The number of carbonyl (C=O) groups excluding carboxylic acids is 4. The van der Waals surface area contributed by atoms with Crippen molar-refractivity contribution in [1.82, 2.24) is 0 Å². The maximum absolute atomic E-state index is 14.2. The van der Waals surface area contributed by atoms with Crippen LogP contribution >= 0.6 is 23.2 Å². The van der Waals surface area contributed by atoms with Gasteiger partial charge in [0.25, 0.3) is 0 Å². The van der Waals surface area contributed by atoms with Crippen molar-refractivity contribution in [3.8, 4) is 17.2 Å². The summed E-state index contributed by atoms with van der Waals surface area (Å²) in [6.45, 7) is 0. The molecule has 3 aromatic rings. The molecule has 0 bridgehead atoms. The van der Waals surface area contributed by atoms with Gasteiger partial charge in [-0.25, -0.2) is 0 Å². The molecule has 0 aromatic heterocycles. The summed E-state index contributed by atoms with van der Waals surface area (Å²) < 4.78 is 10.7. The molecular formula is C36H30Cl2N2O7. The van der Waals surface area contributed by atoms with Gasteiger partial charge in [0.15, 0.2) is 11.5 Å². The number of ether oxygens (including phenoxy) is 2. The number of methoxy groups -OCH3 is 2. The number of phenolic OH excluding ortho intramolecular Hbond substituents is 1. The lowest BCUT2D eigenvalue weighted by Crippen LogP contribution is -2.43. The monoisotopic (exact) mass is 672 g/mol. The van der Waals surface area contributed by atoms with Gasteiger partial charge in [-0.1, -0.05) is 47.0 Å². The molecule has 4 aliphatic rings. The molecule has 0 radical (unpaired) electrons. The van der Waals surface area contributed by atoms with Gasteiger partial charge in [-0.2, -0.15) is 0 Å². The van der Waals surface area contributed by atoms with E-state index in [1.807, 2.05) is 12.2 Å². The molecule has 47 heavy (non-hydrogen) atoms. The van der Waals surface area contributed by atoms with Crippen LogP contribution in [-0.2, 0) is 19.2 Å². The van der Waals surface area contributed by atoms with Crippen LogP contribution in [0.25, 0.3) is 6.08 Å². The Bertz CT molecular complexity index is 1850. The first-order chi connectivity index (χ1) is 22.6. The molecule has 6 atom stereocenters. The number of allylic oxidation sites excluding steroid dienone is 3. The third-order valence-corrected chi connectivity index (χ3v) is 10.4. The molecule has 3 aromatic carbocycles. The van der Waals surface area contributed by atoms with Crippen LogP contribution in [-0.4, -0.2) is 43.0 Å². The second-order valence-corrected chi connectivity index (χ2v) is 13.1. The molecule has 2 aliphatic heterocycles. The third kappa shape index (κ3) is 5.00. The van der Waals surface area contributed by atoms with Gasteiger partial charge >= 0.3 is 0 Å². The SMILES string of the molecule is COc1cc(C=C[C@H]2C3=CC[C@@H]4C(=O)N(c5ccc(Cl)cc5)C(=O)[C@@H]4[C@@H]3C[C@H]3C(=O)N(c4ccc(Cl)cc4)C(=O)[C@@H]23)cc(OC)c1O. The lowest BCUT2D eigenvalue weighted by Gasteiger charge is -2.42. The Labute approximate surface area is 281 Å². The minimum Gasteiger partial charge on any atom is -0.502 e. The number of halogens is 2. The number of phenols is 1. The Kier molecular flexibility index (Phi) is 7.85. The number of hydrogen-bond acceptors (Lipinski definition) is 7. The molecule has 4 amide bonds. The van der Waals surface area contributed by atoms with Gasteiger partial charge in [0, 0.05) is 16.0 Å². The van der Waals surface area contributed by atoms with Crippen LogP contribution in [0.4, 0.5) is 11.4 Å². The zero-order chi connectivity index (χ0) is 33.1. The molecule has 0 spiro atoms. The second-order valence-electron chi connectivity index (χ2n) is 12.2. The molecular weight excluding hydrogens is 643 g/mol. The second kappa shape index (κ2) is 11.9. The largest absolute Gasteiger partial charge is 0.502 e. The first-order valence-corrected chi connectivity index (χ1v) is 16.0. The predicted molar refractivity (Wildman–Crippen MR) is 176 cm³/mol. The van der Waals surface area contributed by atoms with Gasteiger partial charge in [0.2, 0.25) is 29.4 Å². The van der Waals surface area contributed by atoms with Crippen molar-refractivity contribution >= 4 is 64.3 Å². The van der Waals surface area contributed by atoms with Crippen molar-refractivity contribution in [2.24, 2.45) is 35.5 Å². The van der Waals surface area contributed by atoms with Crippen molar-refractivity contribution in [1.29, 1.82) is 0 Å². The molecule has 11 heteroatoms. The standard InChI is InChI=1S/C36H30Cl2N2O7/c1-46-28-15-18(16-29(47-2)32(28)41)3-12-24-23-13-14-25-31(36(45)39(33(25)42)21-8-4-19(37)5-9-21)26(23)17-27-30(24)35(44)40(34(27)43)22-10-6-20(38)7-11-22/h3-13,15-16,24-27,30-31,41H,14,17H2,1-2H3/t24-,25-,26+,27+,30-,31-/m0/s1. The summed E-state index contributed by atoms with van der Waals surface area (Å²) in [5.74, 6) is -4.72. The van der Waals surface area contributed by atoms with Crippen molar-refractivity contribution in [3.05, 3.63) is 94.0 Å². The Hall–Kier alpha value is -4.60. The van der Waals surface area contributed by atoms with Crippen molar-refractivity contribution in [3.63, 3.8) is 0 Å². The van der Waals surface area contributed by atoms with Gasteiger partial charge in [-0.05, 0) is 85.0 Å². The van der Waals surface area contributed by atoms with Crippen LogP contribution in [0, 0.1) is 35.5 Å². The molecule has 1 N–H and O–H groups in total. The molecule has 2 saturated heterocycles. The molecule has 9 nitrogen and oxygen atoms in total. The van der Waals surface area contributed by atoms with Gasteiger partial charge < -0.3 is 14.6 Å². The van der Waals surface area contributed by atoms with Crippen LogP contribution in [0.3, 0.4) is 0 Å². The van der Waals surface area contributed by atoms with E-state index in [1.54, 1.807) is 66.7 Å². The van der Waals surface area contributed by atoms with Crippen LogP contribution in [0.2, 0.25) is 10.0 Å². The van der Waals surface area contributed by atoms with E-state index in [4.69, 9.17) is 32.7 Å². The number of anilines is 2. The van der Waals surface area contributed by atoms with E-state index < -0.39 is 35.5 Å². The number of fused-ring (bicyclic) bond motifs is 4. The minimum absolute atomic E-state index is 0.143. The highest BCUT2D eigenvalue weighted by Crippen LogP contribution is 2.56. The average Bonchev–Trinajstić information content (AvgIpc) is 3.48. The van der Waals surface area contributed by atoms with Crippen LogP contribution in [0.5, 0.6) is 17.2 Å². The fraction of sp³-hybridized carbons (Fsp3) is 0.278. The number of hydrogen-bond donors (Lipinski definition) is 1. The van der Waals surface area contributed by atoms with Crippen LogP contribution in [0.15, 0.2) is 78.4 Å². The highest BCUT2D eigenvalue weighted by molar-refractivity contribution is 6.31. The Morgan fingerprint density at radius 2 is 1.23 bits per heavy atom. The van der Waals surface area contributed by atoms with E-state index in [2.05, 4.69) is 0 Å². The lowest BCUT2D eigenvalue weighted by atomic mass is 9.58. The third-order valence-electron chi connectivity index (χ3n) is 9.87. The van der Waals surface area contributed by atoms with Crippen LogP contribution in [0.1, 0.15) is 18.4 Å². The highest BCUT2D eigenvalue weighted by Gasteiger charge is 2.61. The topological polar surface area (TPSA) is 113 Å². The van der Waals surface area contributed by atoms with Crippen LogP contribution < -0.4 is 19.3 Å². The summed E-state index contributed by atoms with van der Waals surface area (Å²) in [5.41, 5.74) is 2.36. The van der Waals surface area contributed by atoms with Crippen molar-refractivity contribution in [2.75, 3.05) is 24.0 Å². The molecule has 3 fully saturated rings. The van der Waals surface area contributed by atoms with E-state index in [0.29, 0.717) is 33.4 Å². The summed E-state index contributed by atoms with van der Waals surface area (Å²) in [4.78, 5) is 58.5. The first kappa shape index (κ1) is 31.0. The average molecular weight is 674 g/mol. The molecule has 7 rings (SSSR count). The predicted octanol–water partition coefficient (Wildman–Crippen LogP) is 6.31. The smallest absolute Gasteiger partial charge is 0.238 e. The Balaban J connectivity index is 1.31. The van der Waals surface area contributed by atoms with Gasteiger partial charge in [-0.3, -0.25) is 29.0 Å². The van der Waals surface area contributed by atoms with Gasteiger partial charge in [0.1, 0.15) is 0 Å². The number of aromatic hydroxyl groups is 1. The number of imide groups is 2. The quantitative estimate of drug-likeness (QED) is 0.241. The molecule has 2 aliphatic carbocycles. The lowest BCUT2D eigenvalue weighted by molar-refractivity contribution is -0.126. The zero-order valence-electron chi connectivity index (χ0n) is 25.4. The fourth-order valence-corrected chi connectivity index (χ4v) is 8.02. The number of nitrogens with zero attached hydrogens (tertiary/aromatic N) is 2. The van der Waals surface area contributed by atoms with E-state index in [9.17, 15) is 24.3 Å². The number of carbonyl (C=O) groups is 4. The summed E-state index contributed by atoms with van der Waals surface area (Å²) in [7, 11) is 2.87. The van der Waals surface area contributed by atoms with Gasteiger partial charge in [-0.15, -0.1) is 0 Å². The van der Waals surface area contributed by atoms with Gasteiger partial charge in [0.05, 0.1) is 49.3 Å². The fourth-order valence-electron chi connectivity index (χ4n) is 7.76. The first-order valence-electron chi connectivity index (χ1n) is 15.2. The maximum Gasteiger partial charge on any atom is 0.238 e. The van der Waals surface area contributed by atoms with E-state index in [1.165, 1.54) is 24.0 Å². The van der Waals surface area contributed by atoms with E-state index in [-0.39, 0.29) is 47.3 Å². The molecule has 0 unspecified atom stereocenters. The summed E-state index contributed by atoms with van der Waals surface area (Å²) >= 11 is 12.2. The number of rotatable bonds is 6. The molecule has 1 saturated carbocycles. The maximum atomic E-state index is 14.2. The summed E-state index contributed by atoms with van der Waals surface area (Å²) in [6.07, 6.45) is 6.23. The van der Waals surface area contributed by atoms with Crippen molar-refractivity contribution < 1.29 is 33.8 Å². The minimum atomic E-state index is -0.728. The number of benzene rings is 3. The number of amides is 4. The Morgan fingerprint density at radius 1 is 0.723 bits per heavy atom. The Morgan fingerprint density at radius 3 is 1.77 bits per heavy atom. The van der Waals surface area contributed by atoms with Crippen molar-refractivity contribution in [2.45, 2.75) is 12.8 Å². The molecule has 2 heterocycles. The zero-order valence-corrected chi connectivity index (χ0v) is 26.9. The van der Waals surface area contributed by atoms with E-state index in [0.717, 1.165) is 5.57 Å². The summed E-state index contributed by atoms with van der Waals surface area (Å²) in [6, 6.07) is 16.4. The summed E-state index contributed by atoms with van der Waals surface area (Å²) in [5, 5.41) is 11.4. The molecule has 240 valence electrons. The normalized spacial score (nSPS) is 26.8. The highest BCUT2D eigenvalue weighted by atomic mass is 35.5.